The fourth-order valence-corrected chi connectivity index (χ4v) is 2.38. The Hall–Kier alpha value is -2.35. The highest BCUT2D eigenvalue weighted by Crippen LogP contribution is 2.24. The van der Waals surface area contributed by atoms with Gasteiger partial charge in [0.2, 0.25) is 0 Å². The number of hydrogen-bond acceptors (Lipinski definition) is 1. The Morgan fingerprint density at radius 3 is 2.58 bits per heavy atom. The Kier molecular flexibility index (Phi) is 2.71. The predicted molar refractivity (Wildman–Crippen MR) is 79.5 cm³/mol. The van der Waals surface area contributed by atoms with Gasteiger partial charge in [0, 0.05) is 28.2 Å². The standard InChI is InChI=1S/C17H15NO/c1-11-6-5-8-13(12(11)2)16-10-17(19)14-7-3-4-9-15(14)18-16/h3-10H,1-2H3,(H,18,19). The molecule has 1 aromatic heterocycles. The second kappa shape index (κ2) is 4.39. The molecule has 2 heteroatoms. The number of fused-ring (bicyclic) bond motifs is 1. The molecule has 0 aliphatic rings. The highest BCUT2D eigenvalue weighted by atomic mass is 16.1. The van der Waals surface area contributed by atoms with Crippen molar-refractivity contribution < 1.29 is 0 Å². The molecule has 0 unspecified atom stereocenters. The molecule has 3 rings (SSSR count). The van der Waals surface area contributed by atoms with Crippen LogP contribution in [-0.4, -0.2) is 4.98 Å². The van der Waals surface area contributed by atoms with Crippen molar-refractivity contribution in [1.29, 1.82) is 0 Å². The van der Waals surface area contributed by atoms with Gasteiger partial charge in [-0.15, -0.1) is 0 Å². The summed E-state index contributed by atoms with van der Waals surface area (Å²) in [7, 11) is 0. The Morgan fingerprint density at radius 2 is 1.74 bits per heavy atom. The molecular weight excluding hydrogens is 234 g/mol. The minimum absolute atomic E-state index is 0.0604. The fourth-order valence-electron chi connectivity index (χ4n) is 2.38. The average molecular weight is 249 g/mol. The van der Waals surface area contributed by atoms with E-state index in [0.29, 0.717) is 0 Å². The number of aromatic nitrogens is 1. The molecule has 94 valence electrons. The summed E-state index contributed by atoms with van der Waals surface area (Å²) >= 11 is 0. The van der Waals surface area contributed by atoms with Crippen LogP contribution in [0, 0.1) is 13.8 Å². The van der Waals surface area contributed by atoms with Crippen molar-refractivity contribution in [3.8, 4) is 11.3 Å². The number of aryl methyl sites for hydroxylation is 1. The van der Waals surface area contributed by atoms with Crippen molar-refractivity contribution in [2.45, 2.75) is 13.8 Å². The maximum atomic E-state index is 12.1. The van der Waals surface area contributed by atoms with E-state index in [-0.39, 0.29) is 5.43 Å². The zero-order valence-corrected chi connectivity index (χ0v) is 11.0. The van der Waals surface area contributed by atoms with E-state index in [1.807, 2.05) is 36.4 Å². The van der Waals surface area contributed by atoms with E-state index in [0.717, 1.165) is 22.2 Å². The lowest BCUT2D eigenvalue weighted by molar-refractivity contribution is 1.30. The number of benzene rings is 2. The Labute approximate surface area is 111 Å². The number of hydrogen-bond donors (Lipinski definition) is 1. The molecule has 1 N–H and O–H groups in total. The first-order valence-electron chi connectivity index (χ1n) is 6.35. The van der Waals surface area contributed by atoms with Crippen LogP contribution in [0.2, 0.25) is 0 Å². The summed E-state index contributed by atoms with van der Waals surface area (Å²) < 4.78 is 0. The van der Waals surface area contributed by atoms with Crippen molar-refractivity contribution in [3.05, 3.63) is 69.9 Å². The monoisotopic (exact) mass is 249 g/mol. The average Bonchev–Trinajstić information content (AvgIpc) is 2.42. The van der Waals surface area contributed by atoms with Crippen LogP contribution in [0.1, 0.15) is 11.1 Å². The van der Waals surface area contributed by atoms with Crippen LogP contribution in [0.4, 0.5) is 0 Å². The highest BCUT2D eigenvalue weighted by molar-refractivity contribution is 5.81. The molecule has 0 atom stereocenters. The van der Waals surface area contributed by atoms with Gasteiger partial charge in [0.25, 0.3) is 0 Å². The molecule has 0 bridgehead atoms. The summed E-state index contributed by atoms with van der Waals surface area (Å²) in [5, 5.41) is 0.733. The largest absolute Gasteiger partial charge is 0.354 e. The van der Waals surface area contributed by atoms with Gasteiger partial charge in [-0.3, -0.25) is 4.79 Å². The van der Waals surface area contributed by atoms with E-state index in [2.05, 4.69) is 24.9 Å². The van der Waals surface area contributed by atoms with Crippen molar-refractivity contribution in [2.75, 3.05) is 0 Å². The molecule has 3 aromatic rings. The fraction of sp³-hybridized carbons (Fsp3) is 0.118. The van der Waals surface area contributed by atoms with E-state index in [9.17, 15) is 4.79 Å². The van der Waals surface area contributed by atoms with Crippen LogP contribution in [0.15, 0.2) is 53.3 Å². The van der Waals surface area contributed by atoms with Crippen LogP contribution in [0.25, 0.3) is 22.2 Å². The Bertz CT molecular complexity index is 815. The lowest BCUT2D eigenvalue weighted by Crippen LogP contribution is -2.03. The summed E-state index contributed by atoms with van der Waals surface area (Å²) in [6.45, 7) is 4.16. The van der Waals surface area contributed by atoms with Gasteiger partial charge in [0.1, 0.15) is 0 Å². The predicted octanol–water partition coefficient (Wildman–Crippen LogP) is 3.81. The molecule has 0 spiro atoms. The number of H-pyrrole nitrogens is 1. The zero-order valence-electron chi connectivity index (χ0n) is 11.0. The first-order valence-corrected chi connectivity index (χ1v) is 6.35. The van der Waals surface area contributed by atoms with Gasteiger partial charge in [-0.25, -0.2) is 0 Å². The van der Waals surface area contributed by atoms with E-state index >= 15 is 0 Å². The number of rotatable bonds is 1. The van der Waals surface area contributed by atoms with Crippen LogP contribution in [0.3, 0.4) is 0 Å². The van der Waals surface area contributed by atoms with E-state index in [1.54, 1.807) is 6.07 Å². The minimum Gasteiger partial charge on any atom is -0.354 e. The molecule has 19 heavy (non-hydrogen) atoms. The SMILES string of the molecule is Cc1cccc(-c2cc(=O)c3ccccc3[nH]2)c1C. The number of pyridine rings is 1. The maximum Gasteiger partial charge on any atom is 0.190 e. The normalized spacial score (nSPS) is 10.8. The van der Waals surface area contributed by atoms with Crippen molar-refractivity contribution >= 4 is 10.9 Å². The number of para-hydroxylation sites is 1. The molecule has 0 saturated carbocycles. The smallest absolute Gasteiger partial charge is 0.190 e. The van der Waals surface area contributed by atoms with Crippen LogP contribution >= 0.6 is 0 Å². The van der Waals surface area contributed by atoms with Crippen LogP contribution in [-0.2, 0) is 0 Å². The van der Waals surface area contributed by atoms with Gasteiger partial charge >= 0.3 is 0 Å². The lowest BCUT2D eigenvalue weighted by atomic mass is 10.00. The van der Waals surface area contributed by atoms with Gasteiger partial charge in [0.05, 0.1) is 0 Å². The van der Waals surface area contributed by atoms with Gasteiger partial charge in [-0.2, -0.15) is 0 Å². The molecular formula is C17H15NO. The second-order valence-electron chi connectivity index (χ2n) is 4.84. The zero-order chi connectivity index (χ0) is 13.4. The summed E-state index contributed by atoms with van der Waals surface area (Å²) in [6, 6.07) is 15.4. The van der Waals surface area contributed by atoms with Crippen molar-refractivity contribution in [2.24, 2.45) is 0 Å². The summed E-state index contributed by atoms with van der Waals surface area (Å²) in [5.74, 6) is 0. The van der Waals surface area contributed by atoms with E-state index < -0.39 is 0 Å². The molecule has 0 saturated heterocycles. The molecule has 0 fully saturated rings. The van der Waals surface area contributed by atoms with Crippen molar-refractivity contribution in [3.63, 3.8) is 0 Å². The summed E-state index contributed by atoms with van der Waals surface area (Å²) in [6.07, 6.45) is 0. The first-order chi connectivity index (χ1) is 9.16. The van der Waals surface area contributed by atoms with Crippen LogP contribution in [0.5, 0.6) is 0 Å². The quantitative estimate of drug-likeness (QED) is 0.699. The molecule has 0 radical (unpaired) electrons. The van der Waals surface area contributed by atoms with Crippen molar-refractivity contribution in [1.82, 2.24) is 4.98 Å². The van der Waals surface area contributed by atoms with E-state index in [4.69, 9.17) is 0 Å². The lowest BCUT2D eigenvalue weighted by Gasteiger charge is -2.09. The van der Waals surface area contributed by atoms with Gasteiger partial charge in [-0.05, 0) is 37.1 Å². The Morgan fingerprint density at radius 1 is 0.947 bits per heavy atom. The van der Waals surface area contributed by atoms with Gasteiger partial charge in [-0.1, -0.05) is 30.3 Å². The maximum absolute atomic E-state index is 12.1. The Balaban J connectivity index is 2.32. The summed E-state index contributed by atoms with van der Waals surface area (Å²) in [4.78, 5) is 15.5. The number of nitrogens with one attached hydrogen (secondary N) is 1. The highest BCUT2D eigenvalue weighted by Gasteiger charge is 2.07. The van der Waals surface area contributed by atoms with Gasteiger partial charge < -0.3 is 4.98 Å². The molecule has 2 nitrogen and oxygen atoms in total. The topological polar surface area (TPSA) is 32.9 Å². The van der Waals surface area contributed by atoms with Gasteiger partial charge in [0.15, 0.2) is 5.43 Å². The number of aromatic amines is 1. The van der Waals surface area contributed by atoms with E-state index in [1.165, 1.54) is 11.1 Å². The molecule has 1 heterocycles. The second-order valence-corrected chi connectivity index (χ2v) is 4.84. The third kappa shape index (κ3) is 1.95. The third-order valence-corrected chi connectivity index (χ3v) is 3.63. The molecule has 0 amide bonds. The van der Waals surface area contributed by atoms with Crippen LogP contribution < -0.4 is 5.43 Å². The molecule has 0 aliphatic heterocycles. The molecule has 2 aromatic carbocycles. The summed E-state index contributed by atoms with van der Waals surface area (Å²) in [5.41, 5.74) is 5.34. The minimum atomic E-state index is 0.0604. The molecule has 0 aliphatic carbocycles. The first kappa shape index (κ1) is 11.7. The third-order valence-electron chi connectivity index (χ3n) is 3.63.